The number of aromatic nitrogens is 1. The van der Waals surface area contributed by atoms with E-state index in [4.69, 9.17) is 4.74 Å². The summed E-state index contributed by atoms with van der Waals surface area (Å²) in [4.78, 5) is 15.8. The highest BCUT2D eigenvalue weighted by Gasteiger charge is 2.45. The van der Waals surface area contributed by atoms with Crippen LogP contribution in [0, 0.1) is 5.92 Å². The molecule has 1 aromatic rings. The quantitative estimate of drug-likeness (QED) is 0.747. The van der Waals surface area contributed by atoms with Crippen LogP contribution in [-0.4, -0.2) is 31.2 Å². The molecular formula is C12H16N2O2. The average molecular weight is 220 g/mol. The van der Waals surface area contributed by atoms with Crippen molar-refractivity contribution in [3.05, 3.63) is 30.1 Å². The van der Waals surface area contributed by atoms with Crippen molar-refractivity contribution in [3.8, 4) is 0 Å². The molecule has 0 aliphatic carbocycles. The van der Waals surface area contributed by atoms with Gasteiger partial charge in [-0.05, 0) is 11.6 Å². The smallest absolute Gasteiger partial charge is 0.310 e. The number of ether oxygens (including phenoxy) is 1. The molecule has 0 saturated carbocycles. The number of nitrogens with one attached hydrogen (secondary N) is 1. The fourth-order valence-corrected chi connectivity index (χ4v) is 2.31. The minimum atomic E-state index is -0.221. The van der Waals surface area contributed by atoms with Gasteiger partial charge in [-0.15, -0.1) is 0 Å². The number of hydrogen-bond acceptors (Lipinski definition) is 4. The minimum absolute atomic E-state index is 0.137. The molecule has 2 heterocycles. The van der Waals surface area contributed by atoms with Gasteiger partial charge in [0.25, 0.3) is 0 Å². The summed E-state index contributed by atoms with van der Waals surface area (Å²) in [6.07, 6.45) is 3.56. The second-order valence-corrected chi connectivity index (χ2v) is 4.37. The van der Waals surface area contributed by atoms with E-state index in [2.05, 4.69) is 17.2 Å². The molecular weight excluding hydrogens is 204 g/mol. The summed E-state index contributed by atoms with van der Waals surface area (Å²) in [5.74, 6) is -0.293. The Labute approximate surface area is 95.0 Å². The van der Waals surface area contributed by atoms with Gasteiger partial charge in [0.15, 0.2) is 0 Å². The highest BCUT2D eigenvalue weighted by Crippen LogP contribution is 2.35. The summed E-state index contributed by atoms with van der Waals surface area (Å²) >= 11 is 0. The summed E-state index contributed by atoms with van der Waals surface area (Å²) in [7, 11) is 1.43. The molecule has 1 N–H and O–H groups in total. The minimum Gasteiger partial charge on any atom is -0.469 e. The first-order valence-corrected chi connectivity index (χ1v) is 5.37. The summed E-state index contributed by atoms with van der Waals surface area (Å²) in [5.41, 5.74) is 0.858. The van der Waals surface area contributed by atoms with Crippen LogP contribution in [0.1, 0.15) is 12.5 Å². The maximum atomic E-state index is 11.7. The predicted octanol–water partition coefficient (Wildman–Crippen LogP) is 0.732. The van der Waals surface area contributed by atoms with E-state index in [9.17, 15) is 4.79 Å². The molecule has 86 valence electrons. The molecule has 0 radical (unpaired) electrons. The van der Waals surface area contributed by atoms with E-state index < -0.39 is 0 Å². The van der Waals surface area contributed by atoms with Gasteiger partial charge in [-0.25, -0.2) is 0 Å². The Morgan fingerprint density at radius 1 is 1.69 bits per heavy atom. The predicted molar refractivity (Wildman–Crippen MR) is 60.0 cm³/mol. The number of carbonyl (C=O) groups excluding carboxylic acids is 1. The first kappa shape index (κ1) is 11.1. The average Bonchev–Trinajstić information content (AvgIpc) is 2.73. The first-order valence-electron chi connectivity index (χ1n) is 5.37. The largest absolute Gasteiger partial charge is 0.469 e. The van der Waals surface area contributed by atoms with Crippen LogP contribution in [0.3, 0.4) is 0 Å². The van der Waals surface area contributed by atoms with Crippen LogP contribution in [0.4, 0.5) is 0 Å². The summed E-state index contributed by atoms with van der Waals surface area (Å²) in [6, 6.07) is 3.91. The molecule has 16 heavy (non-hydrogen) atoms. The molecule has 0 amide bonds. The molecule has 1 aliphatic heterocycles. The van der Waals surface area contributed by atoms with E-state index in [-0.39, 0.29) is 17.3 Å². The molecule has 0 spiro atoms. The van der Waals surface area contributed by atoms with E-state index >= 15 is 0 Å². The number of carbonyl (C=O) groups is 1. The fourth-order valence-electron chi connectivity index (χ4n) is 2.31. The molecule has 1 aromatic heterocycles. The number of pyridine rings is 1. The third-order valence-corrected chi connectivity index (χ3v) is 3.42. The Balaban J connectivity index is 2.33. The number of rotatable bonds is 2. The number of esters is 1. The Morgan fingerprint density at radius 3 is 3.12 bits per heavy atom. The van der Waals surface area contributed by atoms with Crippen molar-refractivity contribution in [2.75, 3.05) is 20.2 Å². The van der Waals surface area contributed by atoms with E-state index in [0.717, 1.165) is 12.1 Å². The first-order chi connectivity index (χ1) is 7.68. The lowest BCUT2D eigenvalue weighted by molar-refractivity contribution is -0.146. The topological polar surface area (TPSA) is 51.2 Å². The summed E-state index contributed by atoms with van der Waals surface area (Å²) in [6.45, 7) is 3.52. The molecule has 4 heteroatoms. The zero-order valence-corrected chi connectivity index (χ0v) is 9.56. The SMILES string of the molecule is COC(=O)C1CNCC1(C)c1cccnc1. The Kier molecular flexibility index (Phi) is 2.92. The van der Waals surface area contributed by atoms with Gasteiger partial charge in [-0.3, -0.25) is 9.78 Å². The van der Waals surface area contributed by atoms with Crippen molar-refractivity contribution in [1.82, 2.24) is 10.3 Å². The molecule has 1 saturated heterocycles. The van der Waals surface area contributed by atoms with Gasteiger partial charge in [-0.1, -0.05) is 13.0 Å². The fraction of sp³-hybridized carbons (Fsp3) is 0.500. The van der Waals surface area contributed by atoms with E-state index in [1.807, 2.05) is 18.3 Å². The van der Waals surface area contributed by atoms with Crippen molar-refractivity contribution in [1.29, 1.82) is 0 Å². The van der Waals surface area contributed by atoms with Gasteiger partial charge in [0.2, 0.25) is 0 Å². The van der Waals surface area contributed by atoms with Gasteiger partial charge in [0, 0.05) is 30.9 Å². The molecule has 2 atom stereocenters. The van der Waals surface area contributed by atoms with Crippen molar-refractivity contribution in [2.24, 2.45) is 5.92 Å². The molecule has 0 bridgehead atoms. The highest BCUT2D eigenvalue weighted by atomic mass is 16.5. The van der Waals surface area contributed by atoms with Crippen LogP contribution in [0.15, 0.2) is 24.5 Å². The van der Waals surface area contributed by atoms with Gasteiger partial charge >= 0.3 is 5.97 Å². The number of hydrogen-bond donors (Lipinski definition) is 1. The normalized spacial score (nSPS) is 29.0. The summed E-state index contributed by atoms with van der Waals surface area (Å²) < 4.78 is 4.85. The number of methoxy groups -OCH3 is 1. The third-order valence-electron chi connectivity index (χ3n) is 3.42. The highest BCUT2D eigenvalue weighted by molar-refractivity contribution is 5.75. The molecule has 0 aromatic carbocycles. The van der Waals surface area contributed by atoms with Gasteiger partial charge in [0.1, 0.15) is 0 Å². The third kappa shape index (κ3) is 1.69. The van der Waals surface area contributed by atoms with E-state index in [0.29, 0.717) is 6.54 Å². The van der Waals surface area contributed by atoms with Crippen LogP contribution < -0.4 is 5.32 Å². The lowest BCUT2D eigenvalue weighted by atomic mass is 9.75. The van der Waals surface area contributed by atoms with Gasteiger partial charge < -0.3 is 10.1 Å². The lowest BCUT2D eigenvalue weighted by Gasteiger charge is -2.28. The molecule has 2 unspecified atom stereocenters. The summed E-state index contributed by atoms with van der Waals surface area (Å²) in [5, 5.41) is 3.25. The van der Waals surface area contributed by atoms with Crippen LogP contribution >= 0.6 is 0 Å². The Bertz CT molecular complexity index is 380. The standard InChI is InChI=1S/C12H16N2O2/c1-12(9-4-3-5-13-6-9)8-14-7-10(12)11(15)16-2/h3-6,10,14H,7-8H2,1-2H3. The van der Waals surface area contributed by atoms with E-state index in [1.165, 1.54) is 7.11 Å². The molecule has 1 fully saturated rings. The van der Waals surface area contributed by atoms with Crippen molar-refractivity contribution in [3.63, 3.8) is 0 Å². The number of nitrogens with zero attached hydrogens (tertiary/aromatic N) is 1. The van der Waals surface area contributed by atoms with Crippen molar-refractivity contribution < 1.29 is 9.53 Å². The lowest BCUT2D eigenvalue weighted by Crippen LogP contribution is -2.37. The van der Waals surface area contributed by atoms with Crippen LogP contribution in [0.5, 0.6) is 0 Å². The monoisotopic (exact) mass is 220 g/mol. The second-order valence-electron chi connectivity index (χ2n) is 4.37. The maximum Gasteiger partial charge on any atom is 0.310 e. The van der Waals surface area contributed by atoms with Crippen LogP contribution in [-0.2, 0) is 14.9 Å². The van der Waals surface area contributed by atoms with Gasteiger partial charge in [0.05, 0.1) is 13.0 Å². The maximum absolute atomic E-state index is 11.7. The van der Waals surface area contributed by atoms with Crippen molar-refractivity contribution >= 4 is 5.97 Å². The van der Waals surface area contributed by atoms with Crippen LogP contribution in [0.25, 0.3) is 0 Å². The second kappa shape index (κ2) is 4.22. The molecule has 2 rings (SSSR count). The van der Waals surface area contributed by atoms with Gasteiger partial charge in [-0.2, -0.15) is 0 Å². The zero-order chi connectivity index (χ0) is 11.6. The van der Waals surface area contributed by atoms with E-state index in [1.54, 1.807) is 6.20 Å². The Morgan fingerprint density at radius 2 is 2.50 bits per heavy atom. The Hall–Kier alpha value is -1.42. The molecule has 4 nitrogen and oxygen atoms in total. The van der Waals surface area contributed by atoms with Crippen molar-refractivity contribution in [2.45, 2.75) is 12.3 Å². The zero-order valence-electron chi connectivity index (χ0n) is 9.56. The van der Waals surface area contributed by atoms with Crippen LogP contribution in [0.2, 0.25) is 0 Å². The molecule has 1 aliphatic rings.